The summed E-state index contributed by atoms with van der Waals surface area (Å²) in [5.41, 5.74) is 2.80. The van der Waals surface area contributed by atoms with Crippen LogP contribution in [0, 0.1) is 0 Å². The number of hydrogen-bond donors (Lipinski definition) is 1. The van der Waals surface area contributed by atoms with Crippen LogP contribution in [0.4, 0.5) is 5.69 Å². The first-order chi connectivity index (χ1) is 16.5. The molecular formula is C27H26N2O5. The molecule has 0 bridgehead atoms. The van der Waals surface area contributed by atoms with E-state index < -0.39 is 5.91 Å². The topological polar surface area (TPSA) is 81.0 Å². The van der Waals surface area contributed by atoms with Crippen LogP contribution < -0.4 is 20.2 Å². The molecule has 0 aliphatic heterocycles. The maximum Gasteiger partial charge on any atom is 0.291 e. The first kappa shape index (κ1) is 23.1. The zero-order valence-corrected chi connectivity index (χ0v) is 19.3. The summed E-state index contributed by atoms with van der Waals surface area (Å²) in [5.74, 6) is 0.219. The van der Waals surface area contributed by atoms with E-state index in [1.165, 1.54) is 38.0 Å². The molecule has 0 radical (unpaired) electrons. The van der Waals surface area contributed by atoms with Gasteiger partial charge in [0.2, 0.25) is 0 Å². The van der Waals surface area contributed by atoms with Gasteiger partial charge < -0.3 is 19.2 Å². The van der Waals surface area contributed by atoms with Gasteiger partial charge in [0, 0.05) is 30.9 Å². The minimum atomic E-state index is -0.511. The van der Waals surface area contributed by atoms with E-state index in [-0.39, 0.29) is 16.8 Å². The molecule has 0 saturated carbocycles. The van der Waals surface area contributed by atoms with Gasteiger partial charge in [-0.1, -0.05) is 42.5 Å². The number of carbonyl (C=O) groups excluding carboxylic acids is 1. The van der Waals surface area contributed by atoms with E-state index in [1.54, 1.807) is 6.07 Å². The maximum absolute atomic E-state index is 12.9. The Morgan fingerprint density at radius 3 is 2.29 bits per heavy atom. The molecule has 1 amide bonds. The van der Waals surface area contributed by atoms with E-state index in [2.05, 4.69) is 22.3 Å². The van der Waals surface area contributed by atoms with Crippen LogP contribution in [0.2, 0.25) is 0 Å². The Hall–Kier alpha value is -4.10. The van der Waals surface area contributed by atoms with Gasteiger partial charge in [0.25, 0.3) is 5.91 Å². The first-order valence-electron chi connectivity index (χ1n) is 10.8. The Bertz CT molecular complexity index is 1360. The molecule has 7 nitrogen and oxygen atoms in total. The Balaban J connectivity index is 1.51. The Morgan fingerprint density at radius 2 is 1.56 bits per heavy atom. The van der Waals surface area contributed by atoms with E-state index in [1.807, 2.05) is 43.4 Å². The van der Waals surface area contributed by atoms with Crippen molar-refractivity contribution in [2.24, 2.45) is 0 Å². The lowest BCUT2D eigenvalue weighted by molar-refractivity contribution is 0.0997. The first-order valence-corrected chi connectivity index (χ1v) is 10.8. The summed E-state index contributed by atoms with van der Waals surface area (Å²) in [6.07, 6.45) is 0. The fourth-order valence-electron chi connectivity index (χ4n) is 3.80. The van der Waals surface area contributed by atoms with Gasteiger partial charge in [0.1, 0.15) is 5.58 Å². The molecule has 1 heterocycles. The van der Waals surface area contributed by atoms with Crippen LogP contribution in [0.5, 0.6) is 11.5 Å². The van der Waals surface area contributed by atoms with Crippen LogP contribution in [0.25, 0.3) is 11.0 Å². The third kappa shape index (κ3) is 5.27. The number of fused-ring (bicyclic) bond motifs is 1. The van der Waals surface area contributed by atoms with Crippen molar-refractivity contribution in [3.05, 3.63) is 99.9 Å². The maximum atomic E-state index is 12.9. The van der Waals surface area contributed by atoms with E-state index in [9.17, 15) is 9.59 Å². The molecule has 34 heavy (non-hydrogen) atoms. The third-order valence-corrected chi connectivity index (χ3v) is 5.39. The number of carbonyl (C=O) groups is 1. The standard InChI is InChI=1S/C27H26N2O5/c1-29(16-18-8-5-4-6-9-18)17-19-10-7-11-20(12-19)28-27(31)26-14-22(30)21-13-24(32-2)25(33-3)15-23(21)34-26/h4-15H,16-17H2,1-3H3,(H,28,31). The van der Waals surface area contributed by atoms with Crippen LogP contribution >= 0.6 is 0 Å². The molecule has 0 aliphatic carbocycles. The van der Waals surface area contributed by atoms with E-state index in [0.29, 0.717) is 29.1 Å². The van der Waals surface area contributed by atoms with Crippen molar-refractivity contribution < 1.29 is 18.7 Å². The van der Waals surface area contributed by atoms with Crippen LogP contribution in [-0.2, 0) is 13.1 Å². The van der Waals surface area contributed by atoms with Gasteiger partial charge in [0.05, 0.1) is 19.6 Å². The molecule has 4 aromatic rings. The van der Waals surface area contributed by atoms with Crippen LogP contribution in [0.1, 0.15) is 21.7 Å². The lowest BCUT2D eigenvalue weighted by atomic mass is 10.1. The summed E-state index contributed by atoms with van der Waals surface area (Å²) in [4.78, 5) is 27.7. The molecule has 0 aliphatic rings. The molecule has 3 aromatic carbocycles. The molecule has 0 fully saturated rings. The van der Waals surface area contributed by atoms with E-state index in [4.69, 9.17) is 13.9 Å². The number of hydrogen-bond acceptors (Lipinski definition) is 6. The predicted octanol–water partition coefficient (Wildman–Crippen LogP) is 4.69. The van der Waals surface area contributed by atoms with Crippen LogP contribution in [0.3, 0.4) is 0 Å². The molecule has 0 atom stereocenters. The van der Waals surface area contributed by atoms with Crippen molar-refractivity contribution in [3.63, 3.8) is 0 Å². The lowest BCUT2D eigenvalue weighted by Crippen LogP contribution is -2.18. The monoisotopic (exact) mass is 458 g/mol. The number of ether oxygens (including phenoxy) is 2. The van der Waals surface area contributed by atoms with Gasteiger partial charge in [-0.3, -0.25) is 14.5 Å². The summed E-state index contributed by atoms with van der Waals surface area (Å²) < 4.78 is 16.2. The van der Waals surface area contributed by atoms with Crippen molar-refractivity contribution in [1.82, 2.24) is 4.90 Å². The molecule has 0 unspecified atom stereocenters. The van der Waals surface area contributed by atoms with Gasteiger partial charge in [-0.05, 0) is 36.4 Å². The average molecular weight is 459 g/mol. The highest BCUT2D eigenvalue weighted by atomic mass is 16.5. The third-order valence-electron chi connectivity index (χ3n) is 5.39. The number of benzene rings is 3. The predicted molar refractivity (Wildman–Crippen MR) is 132 cm³/mol. The quantitative estimate of drug-likeness (QED) is 0.412. The normalized spacial score (nSPS) is 10.9. The smallest absolute Gasteiger partial charge is 0.291 e. The van der Waals surface area contributed by atoms with Gasteiger partial charge in [-0.15, -0.1) is 0 Å². The SMILES string of the molecule is COc1cc2oc(C(=O)Nc3cccc(CN(C)Cc4ccccc4)c3)cc(=O)c2cc1OC. The van der Waals surface area contributed by atoms with Crippen LogP contribution in [0.15, 0.2) is 82.0 Å². The van der Waals surface area contributed by atoms with E-state index in [0.717, 1.165) is 12.1 Å². The summed E-state index contributed by atoms with van der Waals surface area (Å²) >= 11 is 0. The number of nitrogens with zero attached hydrogens (tertiary/aromatic N) is 1. The molecule has 0 spiro atoms. The zero-order chi connectivity index (χ0) is 24.1. The van der Waals surface area contributed by atoms with Gasteiger partial charge >= 0.3 is 0 Å². The summed E-state index contributed by atoms with van der Waals surface area (Å²) in [7, 11) is 5.02. The number of rotatable bonds is 8. The van der Waals surface area contributed by atoms with Crippen molar-refractivity contribution in [1.29, 1.82) is 0 Å². The van der Waals surface area contributed by atoms with Crippen molar-refractivity contribution in [2.45, 2.75) is 13.1 Å². The molecule has 4 rings (SSSR count). The molecule has 7 heteroatoms. The fraction of sp³-hybridized carbons (Fsp3) is 0.185. The van der Waals surface area contributed by atoms with Crippen molar-refractivity contribution in [2.75, 3.05) is 26.6 Å². The Morgan fingerprint density at radius 1 is 0.882 bits per heavy atom. The number of amides is 1. The van der Waals surface area contributed by atoms with Crippen molar-refractivity contribution in [3.8, 4) is 11.5 Å². The average Bonchev–Trinajstić information content (AvgIpc) is 2.84. The number of methoxy groups -OCH3 is 2. The van der Waals surface area contributed by atoms with Crippen molar-refractivity contribution >= 4 is 22.6 Å². The second kappa shape index (κ2) is 10.2. The highest BCUT2D eigenvalue weighted by molar-refractivity contribution is 6.03. The minimum Gasteiger partial charge on any atom is -0.493 e. The van der Waals surface area contributed by atoms with Gasteiger partial charge in [-0.25, -0.2) is 0 Å². The minimum absolute atomic E-state index is 0.0867. The Kier molecular flexibility index (Phi) is 6.94. The van der Waals surface area contributed by atoms with E-state index >= 15 is 0 Å². The molecule has 174 valence electrons. The Labute approximate surface area is 197 Å². The molecular weight excluding hydrogens is 432 g/mol. The summed E-state index contributed by atoms with van der Waals surface area (Å²) in [6, 6.07) is 22.1. The molecule has 1 aromatic heterocycles. The second-order valence-electron chi connectivity index (χ2n) is 7.99. The fourth-order valence-corrected chi connectivity index (χ4v) is 3.80. The summed E-state index contributed by atoms with van der Waals surface area (Å²) in [5, 5.41) is 3.12. The number of nitrogens with one attached hydrogen (secondary N) is 1. The molecule has 0 saturated heterocycles. The second-order valence-corrected chi connectivity index (χ2v) is 7.99. The zero-order valence-electron chi connectivity index (χ0n) is 19.3. The number of anilines is 1. The summed E-state index contributed by atoms with van der Waals surface area (Å²) in [6.45, 7) is 1.53. The lowest BCUT2D eigenvalue weighted by Gasteiger charge is -2.17. The van der Waals surface area contributed by atoms with Gasteiger partial charge in [0.15, 0.2) is 22.7 Å². The van der Waals surface area contributed by atoms with Crippen LogP contribution in [-0.4, -0.2) is 32.1 Å². The van der Waals surface area contributed by atoms with Gasteiger partial charge in [-0.2, -0.15) is 0 Å². The highest BCUT2D eigenvalue weighted by Crippen LogP contribution is 2.31. The largest absolute Gasteiger partial charge is 0.493 e. The molecule has 1 N–H and O–H groups in total. The highest BCUT2D eigenvalue weighted by Gasteiger charge is 2.16.